The van der Waals surface area contributed by atoms with Crippen LogP contribution in [0.1, 0.15) is 61.8 Å². The van der Waals surface area contributed by atoms with Crippen LogP contribution in [0.4, 0.5) is 0 Å². The van der Waals surface area contributed by atoms with Gasteiger partial charge in [0, 0.05) is 44.0 Å². The third-order valence-electron chi connectivity index (χ3n) is 13.3. The molecule has 4 heterocycles. The Hall–Kier alpha value is -0.800. The van der Waals surface area contributed by atoms with Crippen LogP contribution in [0.3, 0.4) is 0 Å². The average molecular weight is 959 g/mol. The van der Waals surface area contributed by atoms with Crippen molar-refractivity contribution in [1.82, 2.24) is 0 Å². The molecule has 4 rings (SSSR count). The highest BCUT2D eigenvalue weighted by Gasteiger charge is 2.51. The molecule has 20 unspecified atom stereocenters. The molecule has 0 amide bonds. The molecule has 9 N–H and O–H groups in total. The molecule has 4 fully saturated rings. The highest BCUT2D eigenvalue weighted by molar-refractivity contribution is 4.99. The monoisotopic (exact) mass is 959 g/mol. The van der Waals surface area contributed by atoms with Gasteiger partial charge in [-0.05, 0) is 31.1 Å². The smallest absolute Gasteiger partial charge is 0.110 e. The summed E-state index contributed by atoms with van der Waals surface area (Å²) in [5.74, 6) is -2.66. The molecule has 20 atom stereocenters. The second kappa shape index (κ2) is 27.1. The lowest BCUT2D eigenvalue weighted by molar-refractivity contribution is -0.255. The first kappa shape index (κ1) is 57.8. The Bertz CT molecular complexity index is 1340. The minimum absolute atomic E-state index is 0.0473. The normalized spacial score (nSPS) is 40.5. The highest BCUT2D eigenvalue weighted by atomic mass is 16.6. The molecule has 0 radical (unpaired) electrons. The fourth-order valence-electron chi connectivity index (χ4n) is 9.70. The zero-order valence-electron chi connectivity index (χ0n) is 40.7. The van der Waals surface area contributed by atoms with Crippen LogP contribution in [0.15, 0.2) is 0 Å². The van der Waals surface area contributed by atoms with Crippen molar-refractivity contribution in [2.45, 2.75) is 159 Å². The third kappa shape index (κ3) is 15.9. The molecule has 0 aromatic rings. The van der Waals surface area contributed by atoms with E-state index in [9.17, 15) is 46.0 Å². The first-order valence-electron chi connectivity index (χ1n) is 23.8. The van der Waals surface area contributed by atoms with Gasteiger partial charge in [-0.2, -0.15) is 0 Å². The molecular formula is C46H86O20. The number of aliphatic hydroxyl groups is 9. The number of hydrogen-bond acceptors (Lipinski definition) is 20. The Morgan fingerprint density at radius 2 is 0.742 bits per heavy atom. The molecule has 20 heteroatoms. The number of rotatable bonds is 25. The second-order valence-corrected chi connectivity index (χ2v) is 20.6. The van der Waals surface area contributed by atoms with Gasteiger partial charge < -0.3 is 98.1 Å². The Morgan fingerprint density at radius 1 is 0.394 bits per heavy atom. The lowest BCUT2D eigenvalue weighted by Gasteiger charge is -2.48. The molecule has 4 saturated heterocycles. The predicted molar refractivity (Wildman–Crippen MR) is 235 cm³/mol. The van der Waals surface area contributed by atoms with E-state index in [2.05, 4.69) is 0 Å². The van der Waals surface area contributed by atoms with E-state index < -0.39 is 121 Å². The van der Waals surface area contributed by atoms with Crippen molar-refractivity contribution in [2.75, 3.05) is 99.6 Å². The Labute approximate surface area is 391 Å². The van der Waals surface area contributed by atoms with Crippen molar-refractivity contribution in [3.63, 3.8) is 0 Å². The Balaban J connectivity index is 1.33. The summed E-state index contributed by atoms with van der Waals surface area (Å²) in [7, 11) is 1.54. The van der Waals surface area contributed by atoms with Crippen molar-refractivity contribution in [1.29, 1.82) is 0 Å². The molecule has 4 aliphatic rings. The van der Waals surface area contributed by atoms with Gasteiger partial charge in [-0.1, -0.05) is 41.5 Å². The summed E-state index contributed by atoms with van der Waals surface area (Å²) in [6.07, 6.45) is -16.0. The summed E-state index contributed by atoms with van der Waals surface area (Å²) in [6.45, 7) is 15.7. The van der Waals surface area contributed by atoms with Gasteiger partial charge in [0.2, 0.25) is 0 Å². The molecule has 0 aromatic carbocycles. The fraction of sp³-hybridized carbons (Fsp3) is 1.00. The van der Waals surface area contributed by atoms with Crippen LogP contribution < -0.4 is 0 Å². The first-order chi connectivity index (χ1) is 31.2. The lowest BCUT2D eigenvalue weighted by atomic mass is 9.70. The zero-order valence-corrected chi connectivity index (χ0v) is 40.7. The van der Waals surface area contributed by atoms with E-state index in [1.807, 2.05) is 48.5 Å². The van der Waals surface area contributed by atoms with E-state index in [0.717, 1.165) is 0 Å². The van der Waals surface area contributed by atoms with Crippen LogP contribution in [0, 0.1) is 34.5 Å². The number of aliphatic hydroxyl groups excluding tert-OH is 9. The van der Waals surface area contributed by atoms with E-state index in [0.29, 0.717) is 19.6 Å². The fourth-order valence-corrected chi connectivity index (χ4v) is 9.70. The minimum Gasteiger partial charge on any atom is -0.394 e. The van der Waals surface area contributed by atoms with E-state index in [-0.39, 0.29) is 90.1 Å². The summed E-state index contributed by atoms with van der Waals surface area (Å²) in [5.41, 5.74) is -0.582. The maximum absolute atomic E-state index is 11.4. The maximum atomic E-state index is 11.4. The van der Waals surface area contributed by atoms with Crippen LogP contribution in [-0.4, -0.2) is 243 Å². The number of methoxy groups -OCH3 is 1. The largest absolute Gasteiger partial charge is 0.394 e. The van der Waals surface area contributed by atoms with Crippen LogP contribution >= 0.6 is 0 Å². The summed E-state index contributed by atoms with van der Waals surface area (Å²) in [5, 5.41) is 99.0. The molecule has 20 nitrogen and oxygen atoms in total. The molecule has 0 saturated carbocycles. The van der Waals surface area contributed by atoms with E-state index in [4.69, 9.17) is 52.1 Å². The summed E-state index contributed by atoms with van der Waals surface area (Å²) >= 11 is 0. The van der Waals surface area contributed by atoms with Crippen molar-refractivity contribution in [3.05, 3.63) is 0 Å². The second-order valence-electron chi connectivity index (χ2n) is 20.6. The Morgan fingerprint density at radius 3 is 1.11 bits per heavy atom. The van der Waals surface area contributed by atoms with Gasteiger partial charge in [0.25, 0.3) is 0 Å². The minimum atomic E-state index is -1.42. The van der Waals surface area contributed by atoms with Gasteiger partial charge in [0.15, 0.2) is 0 Å². The number of ether oxygens (including phenoxy) is 11. The van der Waals surface area contributed by atoms with Crippen molar-refractivity contribution in [3.8, 4) is 0 Å². The van der Waals surface area contributed by atoms with Crippen LogP contribution in [0.2, 0.25) is 0 Å². The SMILES string of the molecule is CCOCC1OC(COCC2C(COCCO)OC(CC(C)(C)C)C(O)C2O)C(O)C(O)C1COCC1OC(COCC)C(COCC2OC(COC)C(C(C)(C)C)C(O)C2O)C(O)C1O. The van der Waals surface area contributed by atoms with Gasteiger partial charge in [-0.15, -0.1) is 0 Å². The number of hydrogen-bond donors (Lipinski definition) is 9. The topological polar surface area (TPSA) is 284 Å². The molecule has 0 aliphatic carbocycles. The van der Waals surface area contributed by atoms with Gasteiger partial charge in [-0.3, -0.25) is 0 Å². The standard InChI is InChI=1S/C46H86O20/c1-10-57-19-29-25(38(49)42(53)34(64-29)23-61-17-27-31(21-59-13-12-47)63-28(14-45(3,4)5)40(51)37(27)48)15-60-22-33-41(52)39(50)26(30(65-33)20-58-11-2)16-62-24-35-43(54)44(55)36(46(6,7)8)32(66-35)18-56-9/h25-44,47-55H,10-24H2,1-9H3. The zero-order chi connectivity index (χ0) is 48.9. The van der Waals surface area contributed by atoms with Gasteiger partial charge in [0.05, 0.1) is 134 Å². The average Bonchev–Trinajstić information content (AvgIpc) is 3.25. The molecule has 390 valence electrons. The molecule has 0 aromatic heterocycles. The Kier molecular flexibility index (Phi) is 23.8. The third-order valence-corrected chi connectivity index (χ3v) is 13.3. The summed E-state index contributed by atoms with van der Waals surface area (Å²) < 4.78 is 65.2. The molecule has 4 aliphatic heterocycles. The van der Waals surface area contributed by atoms with Gasteiger partial charge in [-0.25, -0.2) is 0 Å². The van der Waals surface area contributed by atoms with E-state index in [1.165, 1.54) is 7.11 Å². The van der Waals surface area contributed by atoms with Crippen LogP contribution in [-0.2, 0) is 52.1 Å². The molecule has 66 heavy (non-hydrogen) atoms. The quantitative estimate of drug-likeness (QED) is 0.0480. The van der Waals surface area contributed by atoms with Crippen molar-refractivity contribution < 1.29 is 98.1 Å². The van der Waals surface area contributed by atoms with E-state index >= 15 is 0 Å². The first-order valence-corrected chi connectivity index (χ1v) is 23.8. The molecule has 0 spiro atoms. The summed E-state index contributed by atoms with van der Waals surface area (Å²) in [4.78, 5) is 0. The van der Waals surface area contributed by atoms with Crippen molar-refractivity contribution >= 4 is 0 Å². The van der Waals surface area contributed by atoms with Gasteiger partial charge >= 0.3 is 0 Å². The van der Waals surface area contributed by atoms with Crippen LogP contribution in [0.25, 0.3) is 0 Å². The highest BCUT2D eigenvalue weighted by Crippen LogP contribution is 2.40. The molecule has 0 bridgehead atoms. The summed E-state index contributed by atoms with van der Waals surface area (Å²) in [6, 6.07) is 0. The lowest BCUT2D eigenvalue weighted by Crippen LogP contribution is -2.61. The predicted octanol–water partition coefficient (Wildman–Crippen LogP) is -1.33. The maximum Gasteiger partial charge on any atom is 0.110 e. The van der Waals surface area contributed by atoms with E-state index in [1.54, 1.807) is 6.92 Å². The van der Waals surface area contributed by atoms with Crippen molar-refractivity contribution in [2.24, 2.45) is 34.5 Å². The molecular weight excluding hydrogens is 872 g/mol. The van der Waals surface area contributed by atoms with Gasteiger partial charge in [0.1, 0.15) is 42.7 Å². The van der Waals surface area contributed by atoms with Crippen LogP contribution in [0.5, 0.6) is 0 Å².